The van der Waals surface area contributed by atoms with Crippen molar-refractivity contribution in [1.82, 2.24) is 0 Å². The van der Waals surface area contributed by atoms with Gasteiger partial charge in [-0.25, -0.2) is 9.18 Å². The minimum atomic E-state index is -1.11. The summed E-state index contributed by atoms with van der Waals surface area (Å²) in [6.45, 7) is 1.40. The number of esters is 1. The van der Waals surface area contributed by atoms with Crippen LogP contribution in [0.15, 0.2) is 46.9 Å². The topological polar surface area (TPSA) is 73.9 Å². The molecule has 0 bridgehead atoms. The lowest BCUT2D eigenvalue weighted by atomic mass is 10.2. The van der Waals surface area contributed by atoms with Crippen LogP contribution in [0.5, 0.6) is 11.5 Å². The van der Waals surface area contributed by atoms with Crippen LogP contribution in [0.25, 0.3) is 6.08 Å². The van der Waals surface area contributed by atoms with E-state index < -0.39 is 23.8 Å². The molecular formula is C20H19BrFNO5. The number of carbonyl (C=O) groups is 2. The molecule has 28 heavy (non-hydrogen) atoms. The average Bonchev–Trinajstić information content (AvgIpc) is 2.68. The molecule has 148 valence electrons. The molecule has 0 fully saturated rings. The van der Waals surface area contributed by atoms with Gasteiger partial charge in [0.15, 0.2) is 17.6 Å². The lowest BCUT2D eigenvalue weighted by molar-refractivity contribution is -0.148. The standard InChI is InChI=1S/C20H19BrFNO5/c1-12(20(25)23-16-7-6-14(21)11-15(16)22)28-19(24)9-5-13-4-8-17(26-2)18(10-13)27-3/h4-12H,1-3H3,(H,23,25)/b9-5+. The molecule has 0 aromatic heterocycles. The van der Waals surface area contributed by atoms with Gasteiger partial charge in [-0.05, 0) is 48.9 Å². The number of nitrogens with one attached hydrogen (secondary N) is 1. The Morgan fingerprint density at radius 1 is 1.11 bits per heavy atom. The Morgan fingerprint density at radius 3 is 2.46 bits per heavy atom. The van der Waals surface area contributed by atoms with Crippen LogP contribution in [0.1, 0.15) is 12.5 Å². The van der Waals surface area contributed by atoms with Gasteiger partial charge in [-0.1, -0.05) is 22.0 Å². The number of hydrogen-bond donors (Lipinski definition) is 1. The molecule has 8 heteroatoms. The Morgan fingerprint density at radius 2 is 1.82 bits per heavy atom. The fourth-order valence-corrected chi connectivity index (χ4v) is 2.55. The van der Waals surface area contributed by atoms with Crippen molar-refractivity contribution < 1.29 is 28.2 Å². The Hall–Kier alpha value is -2.87. The second kappa shape index (κ2) is 9.89. The van der Waals surface area contributed by atoms with Gasteiger partial charge in [0.2, 0.25) is 0 Å². The molecule has 2 aromatic rings. The number of anilines is 1. The molecule has 2 aromatic carbocycles. The number of benzene rings is 2. The highest BCUT2D eigenvalue weighted by atomic mass is 79.9. The van der Waals surface area contributed by atoms with Crippen molar-refractivity contribution in [2.24, 2.45) is 0 Å². The maximum absolute atomic E-state index is 13.8. The number of methoxy groups -OCH3 is 2. The van der Waals surface area contributed by atoms with Gasteiger partial charge in [0.05, 0.1) is 19.9 Å². The number of hydrogen-bond acceptors (Lipinski definition) is 5. The van der Waals surface area contributed by atoms with Gasteiger partial charge in [0, 0.05) is 10.5 Å². The summed E-state index contributed by atoms with van der Waals surface area (Å²) >= 11 is 3.13. The van der Waals surface area contributed by atoms with Crippen molar-refractivity contribution in [2.75, 3.05) is 19.5 Å². The second-order valence-corrected chi connectivity index (χ2v) is 6.56. The molecule has 1 amide bonds. The first-order valence-corrected chi connectivity index (χ1v) is 9.00. The SMILES string of the molecule is COc1ccc(/C=C/C(=O)OC(C)C(=O)Nc2ccc(Br)cc2F)cc1OC. The summed E-state index contributed by atoms with van der Waals surface area (Å²) in [4.78, 5) is 24.0. The monoisotopic (exact) mass is 451 g/mol. The molecule has 1 N–H and O–H groups in total. The van der Waals surface area contributed by atoms with Crippen LogP contribution in [0.3, 0.4) is 0 Å². The van der Waals surface area contributed by atoms with E-state index in [1.165, 1.54) is 45.4 Å². The number of amides is 1. The van der Waals surface area contributed by atoms with Crippen LogP contribution >= 0.6 is 15.9 Å². The van der Waals surface area contributed by atoms with E-state index in [-0.39, 0.29) is 5.69 Å². The molecule has 0 aliphatic rings. The van der Waals surface area contributed by atoms with Gasteiger partial charge in [-0.2, -0.15) is 0 Å². The van der Waals surface area contributed by atoms with Crippen molar-refractivity contribution in [1.29, 1.82) is 0 Å². The quantitative estimate of drug-likeness (QED) is 0.504. The van der Waals surface area contributed by atoms with E-state index in [4.69, 9.17) is 14.2 Å². The third kappa shape index (κ3) is 5.82. The predicted octanol–water partition coefficient (Wildman–Crippen LogP) is 4.19. The van der Waals surface area contributed by atoms with Gasteiger partial charge in [0.1, 0.15) is 5.82 Å². The highest BCUT2D eigenvalue weighted by Crippen LogP contribution is 2.28. The summed E-state index contributed by atoms with van der Waals surface area (Å²) in [6, 6.07) is 9.33. The third-order valence-corrected chi connectivity index (χ3v) is 4.16. The van der Waals surface area contributed by atoms with E-state index in [1.807, 2.05) is 0 Å². The van der Waals surface area contributed by atoms with Crippen molar-refractivity contribution >= 4 is 39.6 Å². The average molecular weight is 452 g/mol. The normalized spacial score (nSPS) is 11.8. The van der Waals surface area contributed by atoms with E-state index in [1.54, 1.807) is 24.3 Å². The first-order chi connectivity index (χ1) is 13.3. The summed E-state index contributed by atoms with van der Waals surface area (Å²) in [5.74, 6) is -0.882. The van der Waals surface area contributed by atoms with E-state index >= 15 is 0 Å². The molecule has 0 radical (unpaired) electrons. The summed E-state index contributed by atoms with van der Waals surface area (Å²) in [6.07, 6.45) is 1.60. The van der Waals surface area contributed by atoms with Crippen molar-refractivity contribution in [2.45, 2.75) is 13.0 Å². The zero-order chi connectivity index (χ0) is 20.7. The Kier molecular flexibility index (Phi) is 7.57. The lowest BCUT2D eigenvalue weighted by Gasteiger charge is -2.13. The molecule has 0 aliphatic carbocycles. The van der Waals surface area contributed by atoms with Crippen LogP contribution in [0, 0.1) is 5.82 Å². The number of ether oxygens (including phenoxy) is 3. The summed E-state index contributed by atoms with van der Waals surface area (Å²) in [7, 11) is 3.03. The van der Waals surface area contributed by atoms with Crippen LogP contribution < -0.4 is 14.8 Å². The van der Waals surface area contributed by atoms with Crippen LogP contribution in [0.2, 0.25) is 0 Å². The van der Waals surface area contributed by atoms with Gasteiger partial charge in [0.25, 0.3) is 5.91 Å². The van der Waals surface area contributed by atoms with Gasteiger partial charge < -0.3 is 19.5 Å². The maximum Gasteiger partial charge on any atom is 0.331 e. The predicted molar refractivity (Wildman–Crippen MR) is 107 cm³/mol. The molecule has 0 saturated carbocycles. The molecule has 0 saturated heterocycles. The minimum absolute atomic E-state index is 0.00281. The van der Waals surface area contributed by atoms with Crippen LogP contribution in [0.4, 0.5) is 10.1 Å². The number of carbonyl (C=O) groups excluding carboxylic acids is 2. The first kappa shape index (κ1) is 21.4. The molecule has 1 unspecified atom stereocenters. The summed E-state index contributed by atoms with van der Waals surface area (Å²) in [5.41, 5.74) is 0.681. The van der Waals surface area contributed by atoms with Gasteiger partial charge in [-0.15, -0.1) is 0 Å². The Bertz CT molecular complexity index is 900. The second-order valence-electron chi connectivity index (χ2n) is 5.64. The van der Waals surface area contributed by atoms with Crippen LogP contribution in [-0.4, -0.2) is 32.2 Å². The fourth-order valence-electron chi connectivity index (χ4n) is 2.21. The summed E-state index contributed by atoms with van der Waals surface area (Å²) < 4.78 is 29.7. The number of rotatable bonds is 7. The van der Waals surface area contributed by atoms with Crippen LogP contribution in [-0.2, 0) is 14.3 Å². The minimum Gasteiger partial charge on any atom is -0.493 e. The van der Waals surface area contributed by atoms with Crippen molar-refractivity contribution in [3.63, 3.8) is 0 Å². The maximum atomic E-state index is 13.8. The molecule has 0 spiro atoms. The zero-order valence-electron chi connectivity index (χ0n) is 15.5. The van der Waals surface area contributed by atoms with Gasteiger partial charge in [-0.3, -0.25) is 4.79 Å². The van der Waals surface area contributed by atoms with E-state index in [0.717, 1.165) is 0 Å². The molecule has 6 nitrogen and oxygen atoms in total. The highest BCUT2D eigenvalue weighted by molar-refractivity contribution is 9.10. The summed E-state index contributed by atoms with van der Waals surface area (Å²) in [5, 5.41) is 2.38. The fraction of sp³-hybridized carbons (Fsp3) is 0.200. The molecular weight excluding hydrogens is 433 g/mol. The number of halogens is 2. The van der Waals surface area contributed by atoms with Crippen molar-refractivity contribution in [3.8, 4) is 11.5 Å². The van der Waals surface area contributed by atoms with E-state index in [9.17, 15) is 14.0 Å². The molecule has 1 atom stereocenters. The molecule has 2 rings (SSSR count). The molecule has 0 aliphatic heterocycles. The van der Waals surface area contributed by atoms with Crippen molar-refractivity contribution in [3.05, 3.63) is 58.3 Å². The van der Waals surface area contributed by atoms with Gasteiger partial charge >= 0.3 is 5.97 Å². The lowest BCUT2D eigenvalue weighted by Crippen LogP contribution is -2.29. The van der Waals surface area contributed by atoms with E-state index in [0.29, 0.717) is 21.5 Å². The zero-order valence-corrected chi connectivity index (χ0v) is 17.1. The highest BCUT2D eigenvalue weighted by Gasteiger charge is 2.18. The third-order valence-electron chi connectivity index (χ3n) is 3.67. The first-order valence-electron chi connectivity index (χ1n) is 8.20. The Labute approximate surface area is 170 Å². The largest absolute Gasteiger partial charge is 0.493 e. The smallest absolute Gasteiger partial charge is 0.331 e. The molecule has 0 heterocycles. The Balaban J connectivity index is 1.96. The van der Waals surface area contributed by atoms with E-state index in [2.05, 4.69) is 21.2 Å².